The van der Waals surface area contributed by atoms with Crippen LogP contribution in [0.5, 0.6) is 5.75 Å². The Kier molecular flexibility index (Phi) is 7.98. The number of aromatic hydroxyl groups is 1. The van der Waals surface area contributed by atoms with Crippen molar-refractivity contribution in [2.24, 2.45) is 17.8 Å². The van der Waals surface area contributed by atoms with E-state index in [1.165, 1.54) is 18.2 Å². The number of hydrogen-bond acceptors (Lipinski definition) is 7. The third-order valence-corrected chi connectivity index (χ3v) is 8.48. The summed E-state index contributed by atoms with van der Waals surface area (Å²) in [5.74, 6) is -2.05. The number of carbonyl (C=O) groups is 2. The lowest BCUT2D eigenvalue weighted by Crippen LogP contribution is -2.35. The number of amides is 2. The van der Waals surface area contributed by atoms with E-state index in [4.69, 9.17) is 16.3 Å². The molecule has 0 spiro atoms. The van der Waals surface area contributed by atoms with Gasteiger partial charge >= 0.3 is 7.12 Å². The molecule has 204 valence electrons. The van der Waals surface area contributed by atoms with Crippen molar-refractivity contribution in [2.45, 2.75) is 38.7 Å². The smallest absolute Gasteiger partial charge is 0.488 e. The Hall–Kier alpha value is -2.95. The Bertz CT molecular complexity index is 1360. The van der Waals surface area contributed by atoms with Gasteiger partial charge < -0.3 is 25.0 Å². The number of phenolic OH excluding ortho intramolecular Hbond substituents is 1. The van der Waals surface area contributed by atoms with Crippen molar-refractivity contribution in [1.29, 1.82) is 0 Å². The number of hydrogen-bond donors (Lipinski definition) is 4. The fourth-order valence-electron chi connectivity index (χ4n) is 6.22. The van der Waals surface area contributed by atoms with Gasteiger partial charge in [-0.05, 0) is 78.2 Å². The SMILES string of the molecule is CC/C(=C\c1ccc(O)cc1Cl)CC[C@H]1OC[C@H]2C1=C(CO)C[C@H]1C(=O)N(c3cccc(B(O)O)c3)C(=O)[C@H]12. The van der Waals surface area contributed by atoms with Crippen LogP contribution in [0.1, 0.15) is 38.2 Å². The number of anilines is 1. The summed E-state index contributed by atoms with van der Waals surface area (Å²) >= 11 is 6.29. The Balaban J connectivity index is 1.37. The van der Waals surface area contributed by atoms with Crippen LogP contribution < -0.4 is 10.4 Å². The van der Waals surface area contributed by atoms with E-state index < -0.39 is 19.0 Å². The molecular formula is C29H31BClNO7. The average Bonchev–Trinajstić information content (AvgIpc) is 3.45. The summed E-state index contributed by atoms with van der Waals surface area (Å²) < 4.78 is 6.20. The van der Waals surface area contributed by atoms with Gasteiger partial charge in [-0.1, -0.05) is 42.3 Å². The minimum atomic E-state index is -1.72. The molecule has 0 bridgehead atoms. The molecule has 5 rings (SSSR count). The van der Waals surface area contributed by atoms with Crippen LogP contribution in [0.4, 0.5) is 5.69 Å². The number of nitrogens with zero attached hydrogens (tertiary/aromatic N) is 1. The van der Waals surface area contributed by atoms with Crippen molar-refractivity contribution in [3.8, 4) is 5.75 Å². The van der Waals surface area contributed by atoms with Gasteiger partial charge in [-0.3, -0.25) is 14.5 Å². The maximum absolute atomic E-state index is 13.6. The Morgan fingerprint density at radius 3 is 2.64 bits per heavy atom. The third kappa shape index (κ3) is 5.17. The molecule has 2 aliphatic heterocycles. The molecule has 0 radical (unpaired) electrons. The number of aliphatic hydroxyl groups excluding tert-OH is 1. The van der Waals surface area contributed by atoms with Gasteiger partial charge in [-0.2, -0.15) is 0 Å². The van der Waals surface area contributed by atoms with Gasteiger partial charge in [0.05, 0.1) is 41.9 Å². The summed E-state index contributed by atoms with van der Waals surface area (Å²) in [7, 11) is -1.72. The molecule has 0 aromatic heterocycles. The molecule has 4 atom stereocenters. The topological polar surface area (TPSA) is 128 Å². The quantitative estimate of drug-likeness (QED) is 0.226. The van der Waals surface area contributed by atoms with Crippen LogP contribution in [0.15, 0.2) is 59.2 Å². The second-order valence-corrected chi connectivity index (χ2v) is 10.8. The lowest BCUT2D eigenvalue weighted by atomic mass is 9.69. The number of halogens is 1. The molecule has 2 aromatic rings. The van der Waals surface area contributed by atoms with Crippen molar-refractivity contribution in [3.63, 3.8) is 0 Å². The summed E-state index contributed by atoms with van der Waals surface area (Å²) in [6, 6.07) is 11.0. The zero-order chi connectivity index (χ0) is 27.8. The number of carbonyl (C=O) groups excluding carboxylic acids is 2. The van der Waals surface area contributed by atoms with Gasteiger partial charge in [-0.25, -0.2) is 0 Å². The van der Waals surface area contributed by atoms with Crippen LogP contribution >= 0.6 is 11.6 Å². The maximum atomic E-state index is 13.6. The largest absolute Gasteiger partial charge is 0.508 e. The van der Waals surface area contributed by atoms with E-state index in [1.807, 2.05) is 6.08 Å². The van der Waals surface area contributed by atoms with Gasteiger partial charge in [0.2, 0.25) is 11.8 Å². The highest BCUT2D eigenvalue weighted by Gasteiger charge is 2.57. The van der Waals surface area contributed by atoms with Crippen LogP contribution in [-0.2, 0) is 14.3 Å². The number of phenols is 1. The molecule has 2 saturated heterocycles. The molecule has 4 N–H and O–H groups in total. The van der Waals surface area contributed by atoms with Crippen molar-refractivity contribution in [3.05, 3.63) is 69.8 Å². The van der Waals surface area contributed by atoms with Crippen molar-refractivity contribution in [1.82, 2.24) is 0 Å². The molecule has 8 nitrogen and oxygen atoms in total. The molecule has 0 unspecified atom stereocenters. The first-order valence-electron chi connectivity index (χ1n) is 13.2. The van der Waals surface area contributed by atoms with Crippen LogP contribution in [0.2, 0.25) is 5.02 Å². The predicted octanol–water partition coefficient (Wildman–Crippen LogP) is 2.81. The lowest BCUT2D eigenvalue weighted by molar-refractivity contribution is -0.122. The first-order chi connectivity index (χ1) is 18.7. The van der Waals surface area contributed by atoms with E-state index >= 15 is 0 Å². The second-order valence-electron chi connectivity index (χ2n) is 10.4. The minimum absolute atomic E-state index is 0.108. The minimum Gasteiger partial charge on any atom is -0.508 e. The fraction of sp³-hybridized carbons (Fsp3) is 0.379. The van der Waals surface area contributed by atoms with Crippen LogP contribution in [0.25, 0.3) is 6.08 Å². The van der Waals surface area contributed by atoms with Crippen LogP contribution in [0.3, 0.4) is 0 Å². The monoisotopic (exact) mass is 551 g/mol. The third-order valence-electron chi connectivity index (χ3n) is 8.15. The van der Waals surface area contributed by atoms with Crippen molar-refractivity contribution < 1.29 is 34.6 Å². The maximum Gasteiger partial charge on any atom is 0.488 e. The van der Waals surface area contributed by atoms with E-state index in [0.29, 0.717) is 23.7 Å². The van der Waals surface area contributed by atoms with E-state index in [1.54, 1.807) is 24.3 Å². The first-order valence-corrected chi connectivity index (χ1v) is 13.6. The van der Waals surface area contributed by atoms with E-state index in [9.17, 15) is 29.9 Å². The molecule has 0 saturated carbocycles. The summed E-state index contributed by atoms with van der Waals surface area (Å²) in [6.45, 7) is 2.15. The number of imide groups is 1. The summed E-state index contributed by atoms with van der Waals surface area (Å²) in [6.07, 6.45) is 4.21. The van der Waals surface area contributed by atoms with E-state index in [2.05, 4.69) is 6.92 Å². The number of allylic oxidation sites excluding steroid dienone is 1. The highest BCUT2D eigenvalue weighted by Crippen LogP contribution is 2.50. The average molecular weight is 552 g/mol. The number of ether oxygens (including phenoxy) is 1. The summed E-state index contributed by atoms with van der Waals surface area (Å²) in [5.41, 5.74) is 4.15. The molecule has 2 amide bonds. The van der Waals surface area contributed by atoms with Crippen molar-refractivity contribution in [2.75, 3.05) is 18.1 Å². The van der Waals surface area contributed by atoms with Crippen molar-refractivity contribution >= 4 is 47.8 Å². The zero-order valence-electron chi connectivity index (χ0n) is 21.6. The normalized spacial score (nSPS) is 24.8. The predicted molar refractivity (Wildman–Crippen MR) is 148 cm³/mol. The van der Waals surface area contributed by atoms with Gasteiger partial charge in [0.25, 0.3) is 0 Å². The Morgan fingerprint density at radius 1 is 1.15 bits per heavy atom. The van der Waals surface area contributed by atoms with Gasteiger partial charge in [-0.15, -0.1) is 0 Å². The summed E-state index contributed by atoms with van der Waals surface area (Å²) in [5, 5.41) is 39.5. The second kappa shape index (κ2) is 11.3. The zero-order valence-corrected chi connectivity index (χ0v) is 22.3. The molecule has 1 aliphatic carbocycles. The molecule has 2 fully saturated rings. The standard InChI is InChI=1S/C29H31BClNO7/c1-2-16(10-17-7-8-21(34)13-24(17)31)6-9-25-26-18(14-33)11-22-27(23(26)15-39-25)29(36)32(28(22)35)20-5-3-4-19(12-20)30(37)38/h3-5,7-8,10,12-13,22-23,25,27,33-34,37-38H,2,6,9,11,14-15H2,1H3/b16-10+/t22-,23+,25-,27-/m1/s1. The molecule has 2 heterocycles. The molecule has 10 heteroatoms. The van der Waals surface area contributed by atoms with Crippen LogP contribution in [-0.4, -0.2) is 58.5 Å². The van der Waals surface area contributed by atoms with Gasteiger partial charge in [0, 0.05) is 5.92 Å². The van der Waals surface area contributed by atoms with Crippen LogP contribution in [0, 0.1) is 17.8 Å². The number of fused-ring (bicyclic) bond motifs is 3. The number of benzene rings is 2. The van der Waals surface area contributed by atoms with E-state index in [-0.39, 0.29) is 48.1 Å². The molecular weight excluding hydrogens is 521 g/mol. The molecule has 3 aliphatic rings. The fourth-order valence-corrected chi connectivity index (χ4v) is 6.45. The first kappa shape index (κ1) is 27.6. The highest BCUT2D eigenvalue weighted by molar-refractivity contribution is 6.58. The lowest BCUT2D eigenvalue weighted by Gasteiger charge is -2.31. The molecule has 39 heavy (non-hydrogen) atoms. The van der Waals surface area contributed by atoms with E-state index in [0.717, 1.165) is 40.0 Å². The number of rotatable bonds is 8. The summed E-state index contributed by atoms with van der Waals surface area (Å²) in [4.78, 5) is 28.2. The highest BCUT2D eigenvalue weighted by atomic mass is 35.5. The Labute approximate surface area is 232 Å². The number of aliphatic hydroxyl groups is 1. The van der Waals surface area contributed by atoms with Gasteiger partial charge in [0.15, 0.2) is 0 Å². The van der Waals surface area contributed by atoms with Gasteiger partial charge in [0.1, 0.15) is 5.75 Å². The molecule has 2 aromatic carbocycles. The Morgan fingerprint density at radius 2 is 1.95 bits per heavy atom.